The summed E-state index contributed by atoms with van der Waals surface area (Å²) in [6.45, 7) is 0. The standard InChI is InChI=1S/C14H14BrFN2O/c15-10-5-9-7-17-14(18-13(9)12(16)6-10)8-1-3-11(19)4-2-8/h5-8,11,19H,1-4H2. The monoisotopic (exact) mass is 324 g/mol. The molecule has 1 aliphatic rings. The number of fused-ring (bicyclic) bond motifs is 1. The van der Waals surface area contributed by atoms with Gasteiger partial charge in [-0.05, 0) is 37.8 Å². The van der Waals surface area contributed by atoms with Gasteiger partial charge in [-0.3, -0.25) is 0 Å². The summed E-state index contributed by atoms with van der Waals surface area (Å²) >= 11 is 3.26. The van der Waals surface area contributed by atoms with Crippen molar-refractivity contribution < 1.29 is 9.50 Å². The van der Waals surface area contributed by atoms with Crippen LogP contribution in [-0.2, 0) is 0 Å². The van der Waals surface area contributed by atoms with Crippen LogP contribution in [0.4, 0.5) is 4.39 Å². The molecule has 1 aromatic heterocycles. The molecule has 5 heteroatoms. The van der Waals surface area contributed by atoms with Gasteiger partial charge in [-0.2, -0.15) is 0 Å². The fraction of sp³-hybridized carbons (Fsp3) is 0.429. The summed E-state index contributed by atoms with van der Waals surface area (Å²) in [7, 11) is 0. The van der Waals surface area contributed by atoms with Crippen LogP contribution in [0.1, 0.15) is 37.4 Å². The Morgan fingerprint density at radius 3 is 2.68 bits per heavy atom. The number of nitrogens with zero attached hydrogens (tertiary/aromatic N) is 2. The van der Waals surface area contributed by atoms with Gasteiger partial charge in [-0.15, -0.1) is 0 Å². The van der Waals surface area contributed by atoms with Crippen LogP contribution in [0, 0.1) is 5.82 Å². The van der Waals surface area contributed by atoms with Gasteiger partial charge in [-0.1, -0.05) is 15.9 Å². The number of hydrogen-bond acceptors (Lipinski definition) is 3. The number of rotatable bonds is 1. The number of halogens is 2. The summed E-state index contributed by atoms with van der Waals surface area (Å²) in [6.07, 6.45) is 4.75. The maximum atomic E-state index is 13.9. The van der Waals surface area contributed by atoms with Crippen molar-refractivity contribution in [3.63, 3.8) is 0 Å². The van der Waals surface area contributed by atoms with Crippen molar-refractivity contribution in [2.75, 3.05) is 0 Å². The molecule has 0 radical (unpaired) electrons. The second kappa shape index (κ2) is 5.13. The third-order valence-electron chi connectivity index (χ3n) is 3.68. The lowest BCUT2D eigenvalue weighted by Gasteiger charge is -2.24. The summed E-state index contributed by atoms with van der Waals surface area (Å²) in [4.78, 5) is 8.73. The Hall–Kier alpha value is -1.07. The quantitative estimate of drug-likeness (QED) is 0.872. The van der Waals surface area contributed by atoms with E-state index < -0.39 is 0 Å². The van der Waals surface area contributed by atoms with Gasteiger partial charge in [0.05, 0.1) is 6.10 Å². The minimum atomic E-state index is -0.330. The molecule has 0 saturated heterocycles. The molecule has 0 aliphatic heterocycles. The molecule has 1 heterocycles. The van der Waals surface area contributed by atoms with Crippen molar-refractivity contribution in [3.8, 4) is 0 Å². The van der Waals surface area contributed by atoms with Crippen molar-refractivity contribution in [1.82, 2.24) is 9.97 Å². The van der Waals surface area contributed by atoms with Gasteiger partial charge in [-0.25, -0.2) is 14.4 Å². The van der Waals surface area contributed by atoms with E-state index in [2.05, 4.69) is 25.9 Å². The van der Waals surface area contributed by atoms with Crippen LogP contribution >= 0.6 is 15.9 Å². The van der Waals surface area contributed by atoms with Crippen molar-refractivity contribution in [2.45, 2.75) is 37.7 Å². The van der Waals surface area contributed by atoms with E-state index in [1.54, 1.807) is 6.20 Å². The van der Waals surface area contributed by atoms with Crippen molar-refractivity contribution in [3.05, 3.63) is 34.4 Å². The van der Waals surface area contributed by atoms with E-state index >= 15 is 0 Å². The highest BCUT2D eigenvalue weighted by Crippen LogP contribution is 2.32. The van der Waals surface area contributed by atoms with Gasteiger partial charge >= 0.3 is 0 Å². The molecular formula is C14H14BrFN2O. The molecule has 3 nitrogen and oxygen atoms in total. The van der Waals surface area contributed by atoms with Crippen LogP contribution in [0.25, 0.3) is 10.9 Å². The molecule has 3 rings (SSSR count). The lowest BCUT2D eigenvalue weighted by Crippen LogP contribution is -2.18. The zero-order chi connectivity index (χ0) is 13.4. The van der Waals surface area contributed by atoms with Crippen LogP contribution in [0.15, 0.2) is 22.8 Å². The minimum absolute atomic E-state index is 0.204. The Bertz CT molecular complexity index is 612. The molecule has 100 valence electrons. The highest BCUT2D eigenvalue weighted by molar-refractivity contribution is 9.10. The first-order chi connectivity index (χ1) is 9.13. The predicted octanol–water partition coefficient (Wildman–Crippen LogP) is 3.55. The van der Waals surface area contributed by atoms with Gasteiger partial charge in [0.1, 0.15) is 11.3 Å². The van der Waals surface area contributed by atoms with Crippen molar-refractivity contribution in [2.24, 2.45) is 0 Å². The molecule has 0 amide bonds. The van der Waals surface area contributed by atoms with Gasteiger partial charge in [0.15, 0.2) is 5.82 Å². The van der Waals surface area contributed by atoms with Crippen LogP contribution in [0.3, 0.4) is 0 Å². The molecule has 1 aromatic carbocycles. The SMILES string of the molecule is OC1CCC(c2ncc3cc(Br)cc(F)c3n2)CC1. The Morgan fingerprint density at radius 2 is 1.95 bits per heavy atom. The predicted molar refractivity (Wildman–Crippen MR) is 74.4 cm³/mol. The van der Waals surface area contributed by atoms with E-state index in [1.165, 1.54) is 6.07 Å². The van der Waals surface area contributed by atoms with E-state index in [0.717, 1.165) is 25.7 Å². The Balaban J connectivity index is 1.97. The van der Waals surface area contributed by atoms with Crippen LogP contribution in [0.2, 0.25) is 0 Å². The molecule has 2 aromatic rings. The molecule has 1 saturated carbocycles. The number of aliphatic hydroxyl groups excluding tert-OH is 1. The number of aromatic nitrogens is 2. The van der Waals surface area contributed by atoms with E-state index in [1.807, 2.05) is 6.07 Å². The van der Waals surface area contributed by atoms with E-state index in [-0.39, 0.29) is 17.8 Å². The Labute approximate surface area is 119 Å². The van der Waals surface area contributed by atoms with Gasteiger partial charge < -0.3 is 5.11 Å². The summed E-state index contributed by atoms with van der Waals surface area (Å²) in [5.41, 5.74) is 0.374. The largest absolute Gasteiger partial charge is 0.393 e. The third kappa shape index (κ3) is 2.62. The summed E-state index contributed by atoms with van der Waals surface area (Å²) < 4.78 is 14.6. The lowest BCUT2D eigenvalue weighted by atomic mass is 9.87. The highest BCUT2D eigenvalue weighted by atomic mass is 79.9. The van der Waals surface area contributed by atoms with Crippen molar-refractivity contribution in [1.29, 1.82) is 0 Å². The number of aliphatic hydroxyl groups is 1. The first-order valence-corrected chi connectivity index (χ1v) is 7.22. The van der Waals surface area contributed by atoms with E-state index in [0.29, 0.717) is 21.2 Å². The smallest absolute Gasteiger partial charge is 0.150 e. The number of benzene rings is 1. The first-order valence-electron chi connectivity index (χ1n) is 6.43. The summed E-state index contributed by atoms with van der Waals surface area (Å²) in [5.74, 6) is 0.598. The van der Waals surface area contributed by atoms with Crippen LogP contribution in [-0.4, -0.2) is 21.2 Å². The van der Waals surface area contributed by atoms with Gasteiger partial charge in [0, 0.05) is 22.0 Å². The zero-order valence-electron chi connectivity index (χ0n) is 10.3. The van der Waals surface area contributed by atoms with E-state index in [9.17, 15) is 9.50 Å². The zero-order valence-corrected chi connectivity index (χ0v) is 11.9. The maximum absolute atomic E-state index is 13.9. The maximum Gasteiger partial charge on any atom is 0.150 e. The molecular weight excluding hydrogens is 311 g/mol. The lowest BCUT2D eigenvalue weighted by molar-refractivity contribution is 0.121. The molecule has 0 atom stereocenters. The molecule has 0 unspecified atom stereocenters. The summed E-state index contributed by atoms with van der Waals surface area (Å²) in [6, 6.07) is 3.23. The minimum Gasteiger partial charge on any atom is -0.393 e. The fourth-order valence-electron chi connectivity index (χ4n) is 2.61. The fourth-order valence-corrected chi connectivity index (χ4v) is 3.06. The molecule has 1 N–H and O–H groups in total. The second-order valence-corrected chi connectivity index (χ2v) is 5.97. The molecule has 1 fully saturated rings. The third-order valence-corrected chi connectivity index (χ3v) is 4.14. The first kappa shape index (κ1) is 12.9. The normalized spacial score (nSPS) is 23.7. The molecule has 0 bridgehead atoms. The molecule has 0 spiro atoms. The molecule has 19 heavy (non-hydrogen) atoms. The topological polar surface area (TPSA) is 46.0 Å². The highest BCUT2D eigenvalue weighted by Gasteiger charge is 2.23. The number of hydrogen-bond donors (Lipinski definition) is 1. The Morgan fingerprint density at radius 1 is 1.21 bits per heavy atom. The molecule has 1 aliphatic carbocycles. The second-order valence-electron chi connectivity index (χ2n) is 5.06. The average molecular weight is 325 g/mol. The van der Waals surface area contributed by atoms with Gasteiger partial charge in [0.25, 0.3) is 0 Å². The van der Waals surface area contributed by atoms with Gasteiger partial charge in [0.2, 0.25) is 0 Å². The average Bonchev–Trinajstić information content (AvgIpc) is 2.39. The van der Waals surface area contributed by atoms with E-state index in [4.69, 9.17) is 0 Å². The van der Waals surface area contributed by atoms with Crippen LogP contribution < -0.4 is 0 Å². The van der Waals surface area contributed by atoms with Crippen molar-refractivity contribution >= 4 is 26.8 Å². The Kier molecular flexibility index (Phi) is 3.50. The van der Waals surface area contributed by atoms with Crippen LogP contribution in [0.5, 0.6) is 0 Å². The summed E-state index contributed by atoms with van der Waals surface area (Å²) in [5, 5.41) is 10.2.